The molecule has 25 heavy (non-hydrogen) atoms. The van der Waals surface area contributed by atoms with Gasteiger partial charge in [-0.15, -0.1) is 5.10 Å². The van der Waals surface area contributed by atoms with E-state index in [2.05, 4.69) is 10.1 Å². The van der Waals surface area contributed by atoms with Gasteiger partial charge in [-0.05, 0) is 29.8 Å². The fraction of sp³-hybridized carbons (Fsp3) is 0.0556. The van der Waals surface area contributed by atoms with Crippen molar-refractivity contribution in [1.29, 1.82) is 0 Å². The van der Waals surface area contributed by atoms with Gasteiger partial charge in [0.25, 0.3) is 5.88 Å². The maximum Gasteiger partial charge on any atom is 0.350 e. The lowest BCUT2D eigenvalue weighted by atomic mass is 10.2. The van der Waals surface area contributed by atoms with E-state index in [0.29, 0.717) is 23.0 Å². The Bertz CT molecular complexity index is 1070. The van der Waals surface area contributed by atoms with Crippen molar-refractivity contribution < 1.29 is 4.74 Å². The summed E-state index contributed by atoms with van der Waals surface area (Å²) in [6, 6.07) is 16.6. The number of hydrogen-bond acceptors (Lipinski definition) is 4. The van der Waals surface area contributed by atoms with Gasteiger partial charge in [-0.3, -0.25) is 0 Å². The van der Waals surface area contributed by atoms with Gasteiger partial charge in [-0.2, -0.15) is 0 Å². The minimum Gasteiger partial charge on any atom is -0.436 e. The number of benzene rings is 2. The summed E-state index contributed by atoms with van der Waals surface area (Å²) in [6.45, 7) is 0.377. The zero-order valence-corrected chi connectivity index (χ0v) is 13.8. The molecule has 2 aromatic carbocycles. The van der Waals surface area contributed by atoms with E-state index < -0.39 is 0 Å². The predicted molar refractivity (Wildman–Crippen MR) is 94.3 cm³/mol. The summed E-state index contributed by atoms with van der Waals surface area (Å²) in [7, 11) is 0. The zero-order valence-electron chi connectivity index (χ0n) is 13.0. The van der Waals surface area contributed by atoms with E-state index in [-0.39, 0.29) is 11.6 Å². The van der Waals surface area contributed by atoms with E-state index in [0.717, 1.165) is 5.56 Å². The van der Waals surface area contributed by atoms with Crippen molar-refractivity contribution in [3.8, 4) is 11.6 Å². The van der Waals surface area contributed by atoms with Crippen LogP contribution in [0.4, 0.5) is 0 Å². The van der Waals surface area contributed by atoms with Gasteiger partial charge < -0.3 is 4.74 Å². The van der Waals surface area contributed by atoms with Crippen molar-refractivity contribution >= 4 is 17.2 Å². The van der Waals surface area contributed by atoms with Crippen LogP contribution in [0.5, 0.6) is 11.6 Å². The van der Waals surface area contributed by atoms with Gasteiger partial charge in [0.05, 0.1) is 6.54 Å². The van der Waals surface area contributed by atoms with Gasteiger partial charge in [0.15, 0.2) is 0 Å². The summed E-state index contributed by atoms with van der Waals surface area (Å²) in [6.07, 6.45) is 3.08. The summed E-state index contributed by atoms with van der Waals surface area (Å²) in [5.74, 6) is 0.823. The van der Waals surface area contributed by atoms with Gasteiger partial charge in [0.1, 0.15) is 5.75 Å². The third-order valence-corrected chi connectivity index (χ3v) is 3.92. The number of hydrogen-bond donors (Lipinski definition) is 0. The first kappa shape index (κ1) is 15.4. The average molecular weight is 353 g/mol. The molecule has 0 atom stereocenters. The van der Waals surface area contributed by atoms with Crippen molar-refractivity contribution in [1.82, 2.24) is 19.2 Å². The predicted octanol–water partition coefficient (Wildman–Crippen LogP) is 3.39. The molecule has 0 bridgehead atoms. The Morgan fingerprint density at radius 3 is 2.56 bits per heavy atom. The van der Waals surface area contributed by atoms with Crippen LogP contribution in [-0.4, -0.2) is 19.2 Å². The molecule has 124 valence electrons. The second-order valence-electron chi connectivity index (χ2n) is 5.41. The molecule has 6 nitrogen and oxygen atoms in total. The molecule has 0 aliphatic heterocycles. The summed E-state index contributed by atoms with van der Waals surface area (Å²) < 4.78 is 8.57. The lowest BCUT2D eigenvalue weighted by Gasteiger charge is -2.04. The van der Waals surface area contributed by atoms with Crippen molar-refractivity contribution in [2.75, 3.05) is 0 Å². The van der Waals surface area contributed by atoms with E-state index >= 15 is 0 Å². The summed E-state index contributed by atoms with van der Waals surface area (Å²) >= 11 is 5.88. The lowest BCUT2D eigenvalue weighted by Crippen LogP contribution is -2.21. The molecule has 0 fully saturated rings. The van der Waals surface area contributed by atoms with Gasteiger partial charge in [0.2, 0.25) is 5.65 Å². The second-order valence-corrected chi connectivity index (χ2v) is 5.84. The quantitative estimate of drug-likeness (QED) is 0.565. The van der Waals surface area contributed by atoms with Crippen molar-refractivity contribution in [3.63, 3.8) is 0 Å². The minimum absolute atomic E-state index is 0.248. The SMILES string of the molecule is O=c1n(Cc2ccccc2)nc2c(Oc3ccc(Cl)cc3)nccn12. The highest BCUT2D eigenvalue weighted by Crippen LogP contribution is 2.23. The highest BCUT2D eigenvalue weighted by molar-refractivity contribution is 6.30. The van der Waals surface area contributed by atoms with Crippen LogP contribution in [0.1, 0.15) is 5.56 Å². The van der Waals surface area contributed by atoms with E-state index in [1.54, 1.807) is 30.5 Å². The minimum atomic E-state index is -0.248. The average Bonchev–Trinajstić information content (AvgIpc) is 2.95. The molecule has 0 aliphatic rings. The Kier molecular flexibility index (Phi) is 3.95. The molecule has 0 N–H and O–H groups in total. The number of rotatable bonds is 4. The normalized spacial score (nSPS) is 10.9. The van der Waals surface area contributed by atoms with Crippen molar-refractivity contribution in [2.24, 2.45) is 0 Å². The molecule has 0 aliphatic carbocycles. The molecule has 7 heteroatoms. The largest absolute Gasteiger partial charge is 0.436 e. The number of aromatic nitrogens is 4. The maximum absolute atomic E-state index is 12.5. The molecule has 0 saturated heterocycles. The van der Waals surface area contributed by atoms with Crippen LogP contribution in [-0.2, 0) is 6.54 Å². The lowest BCUT2D eigenvalue weighted by molar-refractivity contribution is 0.464. The second kappa shape index (κ2) is 6.41. The Balaban J connectivity index is 1.73. The molecule has 4 aromatic rings. The van der Waals surface area contributed by atoms with Gasteiger partial charge in [0, 0.05) is 17.4 Å². The molecule has 0 saturated carbocycles. The monoisotopic (exact) mass is 352 g/mol. The Morgan fingerprint density at radius 2 is 1.80 bits per heavy atom. The van der Waals surface area contributed by atoms with E-state index in [9.17, 15) is 4.79 Å². The van der Waals surface area contributed by atoms with Crippen molar-refractivity contribution in [3.05, 3.63) is 88.1 Å². The molecule has 0 spiro atoms. The van der Waals surface area contributed by atoms with Crippen LogP contribution < -0.4 is 10.4 Å². The number of nitrogens with zero attached hydrogens (tertiary/aromatic N) is 4. The van der Waals surface area contributed by atoms with Crippen LogP contribution in [0.3, 0.4) is 0 Å². The summed E-state index contributed by atoms with van der Waals surface area (Å²) in [5.41, 5.74) is 1.10. The third kappa shape index (κ3) is 3.12. The first-order chi connectivity index (χ1) is 12.2. The first-order valence-corrected chi connectivity index (χ1v) is 8.00. The highest BCUT2D eigenvalue weighted by atomic mass is 35.5. The van der Waals surface area contributed by atoms with E-state index in [1.165, 1.54) is 15.3 Å². The summed E-state index contributed by atoms with van der Waals surface area (Å²) in [5, 5.41) is 4.99. The van der Waals surface area contributed by atoms with Gasteiger partial charge in [-0.25, -0.2) is 18.9 Å². The molecular weight excluding hydrogens is 340 g/mol. The van der Waals surface area contributed by atoms with Crippen LogP contribution >= 0.6 is 11.6 Å². The van der Waals surface area contributed by atoms with Crippen LogP contribution in [0.15, 0.2) is 71.8 Å². The zero-order chi connectivity index (χ0) is 17.2. The molecule has 0 radical (unpaired) electrons. The third-order valence-electron chi connectivity index (χ3n) is 3.67. The number of ether oxygens (including phenoxy) is 1. The number of halogens is 1. The molecule has 2 aromatic heterocycles. The number of fused-ring (bicyclic) bond motifs is 1. The topological polar surface area (TPSA) is 61.4 Å². The maximum atomic E-state index is 12.5. The fourth-order valence-electron chi connectivity index (χ4n) is 2.47. The molecule has 2 heterocycles. The standard InChI is InChI=1S/C18H13ClN4O2/c19-14-6-8-15(9-7-14)25-17-16-21-23(12-13-4-2-1-3-5-13)18(24)22(16)11-10-20-17/h1-11H,12H2. The molecule has 4 rings (SSSR count). The highest BCUT2D eigenvalue weighted by Gasteiger charge is 2.13. The van der Waals surface area contributed by atoms with Gasteiger partial charge in [-0.1, -0.05) is 41.9 Å². The first-order valence-electron chi connectivity index (χ1n) is 7.62. The van der Waals surface area contributed by atoms with Crippen molar-refractivity contribution in [2.45, 2.75) is 6.54 Å². The summed E-state index contributed by atoms with van der Waals surface area (Å²) in [4.78, 5) is 16.7. The van der Waals surface area contributed by atoms with Crippen LogP contribution in [0.2, 0.25) is 5.02 Å². The van der Waals surface area contributed by atoms with Crippen LogP contribution in [0, 0.1) is 0 Å². The molecular formula is C18H13ClN4O2. The fourth-order valence-corrected chi connectivity index (χ4v) is 2.60. The van der Waals surface area contributed by atoms with E-state index in [1.807, 2.05) is 30.3 Å². The molecule has 0 amide bonds. The Hall–Kier alpha value is -3.12. The Labute approximate surface area is 147 Å². The van der Waals surface area contributed by atoms with Gasteiger partial charge >= 0.3 is 5.69 Å². The van der Waals surface area contributed by atoms with E-state index in [4.69, 9.17) is 16.3 Å². The smallest absolute Gasteiger partial charge is 0.350 e. The Morgan fingerprint density at radius 1 is 1.04 bits per heavy atom. The van der Waals surface area contributed by atoms with Crippen LogP contribution in [0.25, 0.3) is 5.65 Å². The molecule has 0 unspecified atom stereocenters.